The van der Waals surface area contributed by atoms with Crippen molar-refractivity contribution in [2.75, 3.05) is 0 Å². The summed E-state index contributed by atoms with van der Waals surface area (Å²) in [6, 6.07) is 0. The molecule has 1 rings (SSSR count). The van der Waals surface area contributed by atoms with Crippen molar-refractivity contribution in [2.45, 2.75) is 19.4 Å². The molecule has 0 amide bonds. The lowest BCUT2D eigenvalue weighted by atomic mass is 10.1. The summed E-state index contributed by atoms with van der Waals surface area (Å²) in [5.74, 6) is 0. The Labute approximate surface area is 68.7 Å². The summed E-state index contributed by atoms with van der Waals surface area (Å²) in [5, 5.41) is 11.5. The first kappa shape index (κ1) is 8.36. The van der Waals surface area contributed by atoms with E-state index >= 15 is 0 Å². The molecule has 0 bridgehead atoms. The molecule has 0 aliphatic carbocycles. The number of hydrogen-bond acceptors (Lipinski definition) is 4. The van der Waals surface area contributed by atoms with Crippen LogP contribution in [0.4, 0.5) is 0 Å². The monoisotopic (exact) mass is 171 g/mol. The number of aliphatic hydroxyl groups is 1. The maximum absolute atomic E-state index is 10.2. The zero-order valence-electron chi connectivity index (χ0n) is 6.37. The van der Waals surface area contributed by atoms with E-state index in [-0.39, 0.29) is 0 Å². The van der Waals surface area contributed by atoms with Crippen molar-refractivity contribution in [3.05, 3.63) is 16.1 Å². The topological polar surface area (TPSA) is 50.2 Å². The number of aldehydes is 1. The summed E-state index contributed by atoms with van der Waals surface area (Å²) in [6.45, 7) is 3.27. The van der Waals surface area contributed by atoms with Gasteiger partial charge in [0.2, 0.25) is 0 Å². The fraction of sp³-hybridized carbons (Fsp3) is 0.429. The number of carbonyl (C=O) groups is 1. The molecular formula is C7H9NO2S. The maximum atomic E-state index is 10.2. The third-order valence-corrected chi connectivity index (χ3v) is 2.02. The lowest BCUT2D eigenvalue weighted by molar-refractivity contribution is 0.0744. The van der Waals surface area contributed by atoms with Crippen LogP contribution in [0.2, 0.25) is 0 Å². The second-order valence-corrected chi connectivity index (χ2v) is 3.64. The van der Waals surface area contributed by atoms with Gasteiger partial charge in [0.15, 0.2) is 11.3 Å². The third kappa shape index (κ3) is 1.85. The van der Waals surface area contributed by atoms with Crippen LogP contribution in [0.15, 0.2) is 5.38 Å². The maximum Gasteiger partial charge on any atom is 0.178 e. The van der Waals surface area contributed by atoms with Crippen molar-refractivity contribution < 1.29 is 9.90 Å². The Kier molecular flexibility index (Phi) is 2.06. The van der Waals surface area contributed by atoms with Crippen molar-refractivity contribution in [1.29, 1.82) is 0 Å². The summed E-state index contributed by atoms with van der Waals surface area (Å²) < 4.78 is 0. The molecule has 1 heterocycles. The van der Waals surface area contributed by atoms with E-state index in [1.165, 1.54) is 11.3 Å². The first-order chi connectivity index (χ1) is 5.04. The van der Waals surface area contributed by atoms with Crippen molar-refractivity contribution in [1.82, 2.24) is 4.98 Å². The number of rotatable bonds is 2. The van der Waals surface area contributed by atoms with Crippen LogP contribution in [0.5, 0.6) is 0 Å². The quantitative estimate of drug-likeness (QED) is 0.680. The van der Waals surface area contributed by atoms with Gasteiger partial charge in [-0.05, 0) is 13.8 Å². The molecule has 11 heavy (non-hydrogen) atoms. The van der Waals surface area contributed by atoms with Gasteiger partial charge < -0.3 is 5.11 Å². The molecule has 1 N–H and O–H groups in total. The summed E-state index contributed by atoms with van der Waals surface area (Å²) in [7, 11) is 0. The first-order valence-corrected chi connectivity index (χ1v) is 4.05. The number of aromatic nitrogens is 1. The third-order valence-electron chi connectivity index (χ3n) is 1.25. The molecule has 0 unspecified atom stereocenters. The first-order valence-electron chi connectivity index (χ1n) is 3.17. The lowest BCUT2D eigenvalue weighted by Gasteiger charge is -2.12. The Hall–Kier alpha value is -0.740. The Balaban J connectivity index is 2.98. The van der Waals surface area contributed by atoms with E-state index in [1.54, 1.807) is 19.2 Å². The average Bonchev–Trinajstić information content (AvgIpc) is 2.32. The van der Waals surface area contributed by atoms with Gasteiger partial charge in [0.05, 0.1) is 5.69 Å². The van der Waals surface area contributed by atoms with Crippen LogP contribution >= 0.6 is 11.3 Å². The Bertz CT molecular complexity index is 262. The normalized spacial score (nSPS) is 11.5. The van der Waals surface area contributed by atoms with Crippen molar-refractivity contribution in [3.8, 4) is 0 Å². The zero-order valence-corrected chi connectivity index (χ0v) is 7.18. The van der Waals surface area contributed by atoms with Crippen molar-refractivity contribution in [2.24, 2.45) is 0 Å². The van der Waals surface area contributed by atoms with Crippen molar-refractivity contribution in [3.63, 3.8) is 0 Å². The predicted molar refractivity (Wildman–Crippen MR) is 42.7 cm³/mol. The minimum absolute atomic E-state index is 0.405. The fourth-order valence-corrected chi connectivity index (χ4v) is 1.40. The van der Waals surface area contributed by atoms with Gasteiger partial charge in [-0.1, -0.05) is 0 Å². The number of nitrogens with zero attached hydrogens (tertiary/aromatic N) is 1. The number of thiazole rings is 1. The van der Waals surface area contributed by atoms with Crippen LogP contribution in [0, 0.1) is 0 Å². The molecule has 1 aromatic heterocycles. The van der Waals surface area contributed by atoms with Gasteiger partial charge in [-0.3, -0.25) is 4.79 Å². The molecule has 0 aromatic carbocycles. The van der Waals surface area contributed by atoms with Crippen LogP contribution in [0.25, 0.3) is 0 Å². The molecule has 0 fully saturated rings. The van der Waals surface area contributed by atoms with Gasteiger partial charge in [0.1, 0.15) is 5.60 Å². The minimum atomic E-state index is -0.947. The van der Waals surface area contributed by atoms with Crippen LogP contribution in [-0.4, -0.2) is 16.4 Å². The molecule has 0 saturated heterocycles. The molecule has 0 aliphatic heterocycles. The predicted octanol–water partition coefficient (Wildman–Crippen LogP) is 1.18. The molecule has 60 valence electrons. The van der Waals surface area contributed by atoms with E-state index in [1.807, 2.05) is 0 Å². The number of hydrogen-bond donors (Lipinski definition) is 1. The highest BCUT2D eigenvalue weighted by atomic mass is 32.1. The smallest absolute Gasteiger partial charge is 0.178 e. The molecule has 3 nitrogen and oxygen atoms in total. The highest BCUT2D eigenvalue weighted by molar-refractivity contribution is 7.11. The van der Waals surface area contributed by atoms with E-state index in [0.29, 0.717) is 17.0 Å². The molecule has 0 radical (unpaired) electrons. The Morgan fingerprint density at radius 3 is 2.64 bits per heavy atom. The van der Waals surface area contributed by atoms with Crippen LogP contribution in [-0.2, 0) is 5.60 Å². The summed E-state index contributed by atoms with van der Waals surface area (Å²) in [4.78, 5) is 14.1. The van der Waals surface area contributed by atoms with E-state index in [0.717, 1.165) is 0 Å². The van der Waals surface area contributed by atoms with Gasteiger partial charge >= 0.3 is 0 Å². The second-order valence-electron chi connectivity index (χ2n) is 2.75. The second kappa shape index (κ2) is 2.71. The Morgan fingerprint density at radius 2 is 2.36 bits per heavy atom. The summed E-state index contributed by atoms with van der Waals surface area (Å²) in [5.41, 5.74) is -0.401. The van der Waals surface area contributed by atoms with Crippen LogP contribution < -0.4 is 0 Å². The summed E-state index contributed by atoms with van der Waals surface area (Å²) >= 11 is 1.24. The lowest BCUT2D eigenvalue weighted by Crippen LogP contribution is -2.15. The fourth-order valence-electron chi connectivity index (χ4n) is 0.623. The van der Waals surface area contributed by atoms with E-state index in [4.69, 9.17) is 0 Å². The molecular weight excluding hydrogens is 162 g/mol. The molecule has 0 aliphatic rings. The van der Waals surface area contributed by atoms with E-state index < -0.39 is 5.60 Å². The molecule has 0 spiro atoms. The average molecular weight is 171 g/mol. The summed E-state index contributed by atoms with van der Waals surface area (Å²) in [6.07, 6.45) is 0.680. The van der Waals surface area contributed by atoms with Crippen LogP contribution in [0.1, 0.15) is 29.3 Å². The standard InChI is InChI=1S/C7H9NO2S/c1-7(2,10)5-4-11-6(3-9)8-5/h3-4,10H,1-2H3. The highest BCUT2D eigenvalue weighted by Gasteiger charge is 2.19. The van der Waals surface area contributed by atoms with Gasteiger partial charge in [0, 0.05) is 5.38 Å². The van der Waals surface area contributed by atoms with Gasteiger partial charge in [-0.25, -0.2) is 4.98 Å². The van der Waals surface area contributed by atoms with E-state index in [9.17, 15) is 9.90 Å². The minimum Gasteiger partial charge on any atom is -0.384 e. The van der Waals surface area contributed by atoms with Gasteiger partial charge in [0.25, 0.3) is 0 Å². The zero-order chi connectivity index (χ0) is 8.48. The number of carbonyl (C=O) groups excluding carboxylic acids is 1. The largest absolute Gasteiger partial charge is 0.384 e. The van der Waals surface area contributed by atoms with Gasteiger partial charge in [-0.15, -0.1) is 11.3 Å². The van der Waals surface area contributed by atoms with Crippen LogP contribution in [0.3, 0.4) is 0 Å². The molecule has 0 saturated carbocycles. The van der Waals surface area contributed by atoms with Gasteiger partial charge in [-0.2, -0.15) is 0 Å². The Morgan fingerprint density at radius 1 is 1.73 bits per heavy atom. The molecule has 1 aromatic rings. The molecule has 4 heteroatoms. The highest BCUT2D eigenvalue weighted by Crippen LogP contribution is 2.20. The SMILES string of the molecule is CC(C)(O)c1csc(C=O)n1. The van der Waals surface area contributed by atoms with E-state index in [2.05, 4.69) is 4.98 Å². The molecule has 0 atom stereocenters. The van der Waals surface area contributed by atoms with Crippen molar-refractivity contribution >= 4 is 17.6 Å².